The maximum atomic E-state index is 13.4. The number of carbonyl (C=O) groups excluding carboxylic acids is 1. The van der Waals surface area contributed by atoms with Gasteiger partial charge in [0.25, 0.3) is 0 Å². The molecule has 0 N–H and O–H groups in total. The SMILES string of the molecule is CCCCCCCCOC(=O)c1ccc2oc(C3CC3c3cccs3)c(CCC)c(=O)c2c1. The highest BCUT2D eigenvalue weighted by Gasteiger charge is 2.44. The van der Waals surface area contributed by atoms with E-state index >= 15 is 0 Å². The first-order valence-electron chi connectivity index (χ1n) is 12.4. The first-order chi connectivity index (χ1) is 16.1. The molecule has 1 aliphatic rings. The smallest absolute Gasteiger partial charge is 0.338 e. The molecule has 0 bridgehead atoms. The van der Waals surface area contributed by atoms with Crippen molar-refractivity contribution in [2.24, 2.45) is 0 Å². The van der Waals surface area contributed by atoms with Crippen LogP contribution >= 0.6 is 11.3 Å². The summed E-state index contributed by atoms with van der Waals surface area (Å²) in [5.41, 5.74) is 1.74. The molecule has 2 heterocycles. The number of unbranched alkanes of at least 4 members (excludes halogenated alkanes) is 5. The Labute approximate surface area is 200 Å². The highest BCUT2D eigenvalue weighted by Crippen LogP contribution is 2.56. The topological polar surface area (TPSA) is 56.5 Å². The van der Waals surface area contributed by atoms with Crippen LogP contribution in [0.3, 0.4) is 0 Å². The number of esters is 1. The Hall–Kier alpha value is -2.40. The lowest BCUT2D eigenvalue weighted by molar-refractivity contribution is 0.0498. The van der Waals surface area contributed by atoms with Crippen LogP contribution in [-0.2, 0) is 11.2 Å². The quantitative estimate of drug-likeness (QED) is 0.204. The van der Waals surface area contributed by atoms with Gasteiger partial charge in [0.1, 0.15) is 11.3 Å². The monoisotopic (exact) mass is 466 g/mol. The van der Waals surface area contributed by atoms with E-state index in [1.54, 1.807) is 29.5 Å². The first-order valence-corrected chi connectivity index (χ1v) is 13.3. The van der Waals surface area contributed by atoms with Crippen molar-refractivity contribution in [3.63, 3.8) is 0 Å². The van der Waals surface area contributed by atoms with Crippen LogP contribution in [0, 0.1) is 0 Å². The number of thiophene rings is 1. The fraction of sp³-hybridized carbons (Fsp3) is 0.500. The van der Waals surface area contributed by atoms with E-state index in [1.165, 1.54) is 30.6 Å². The molecule has 4 rings (SSSR count). The Morgan fingerprint density at radius 2 is 1.88 bits per heavy atom. The Morgan fingerprint density at radius 1 is 1.06 bits per heavy atom. The van der Waals surface area contributed by atoms with Crippen molar-refractivity contribution >= 4 is 28.3 Å². The van der Waals surface area contributed by atoms with Crippen molar-refractivity contribution in [2.45, 2.75) is 83.5 Å². The molecule has 1 aromatic carbocycles. The molecule has 0 radical (unpaired) electrons. The number of carbonyl (C=O) groups is 1. The summed E-state index contributed by atoms with van der Waals surface area (Å²) in [6, 6.07) is 9.35. The van der Waals surface area contributed by atoms with Gasteiger partial charge in [-0.3, -0.25) is 4.79 Å². The molecule has 5 heteroatoms. The average molecular weight is 467 g/mol. The molecule has 1 aliphatic carbocycles. The summed E-state index contributed by atoms with van der Waals surface area (Å²) in [5, 5.41) is 2.57. The van der Waals surface area contributed by atoms with Gasteiger partial charge in [-0.05, 0) is 48.9 Å². The van der Waals surface area contributed by atoms with Crippen molar-refractivity contribution < 1.29 is 13.9 Å². The standard InChI is InChI=1S/C28H34O4S/c1-3-5-6-7-8-9-15-31-28(30)19-13-14-24-23(17-19)26(29)20(11-4-2)27(32-24)22-18-21(22)25-12-10-16-33-25/h10,12-14,16-17,21-22H,3-9,11,15,18H2,1-2H3. The molecule has 0 amide bonds. The van der Waals surface area contributed by atoms with Gasteiger partial charge in [-0.25, -0.2) is 4.79 Å². The van der Waals surface area contributed by atoms with E-state index in [0.717, 1.165) is 37.0 Å². The number of hydrogen-bond donors (Lipinski definition) is 0. The molecule has 0 spiro atoms. The Morgan fingerprint density at radius 3 is 2.64 bits per heavy atom. The maximum absolute atomic E-state index is 13.4. The molecular formula is C28H34O4S. The van der Waals surface area contributed by atoms with Gasteiger partial charge in [0, 0.05) is 22.3 Å². The average Bonchev–Trinajstić information content (AvgIpc) is 3.43. The lowest BCUT2D eigenvalue weighted by Crippen LogP contribution is -2.14. The summed E-state index contributed by atoms with van der Waals surface area (Å²) in [6.45, 7) is 4.70. The van der Waals surface area contributed by atoms with Crippen molar-refractivity contribution in [3.05, 3.63) is 67.7 Å². The Bertz CT molecular complexity index is 1130. The number of fused-ring (bicyclic) bond motifs is 1. The molecule has 4 nitrogen and oxygen atoms in total. The second kappa shape index (κ2) is 11.1. The molecule has 1 fully saturated rings. The fourth-order valence-corrected chi connectivity index (χ4v) is 5.50. The Balaban J connectivity index is 1.49. The van der Waals surface area contributed by atoms with E-state index in [1.807, 2.05) is 0 Å². The predicted molar refractivity (Wildman–Crippen MR) is 135 cm³/mol. The lowest BCUT2D eigenvalue weighted by Gasteiger charge is -2.10. The third-order valence-corrected chi connectivity index (χ3v) is 7.52. The van der Waals surface area contributed by atoms with Gasteiger partial charge >= 0.3 is 5.97 Å². The van der Waals surface area contributed by atoms with Crippen LogP contribution in [0.1, 0.15) is 104 Å². The third-order valence-electron chi connectivity index (χ3n) is 6.52. The summed E-state index contributed by atoms with van der Waals surface area (Å²) in [5.74, 6) is 1.18. The van der Waals surface area contributed by atoms with Gasteiger partial charge in [-0.1, -0.05) is 58.4 Å². The molecule has 2 unspecified atom stereocenters. The molecule has 2 aromatic heterocycles. The van der Waals surface area contributed by atoms with Gasteiger partial charge in [-0.2, -0.15) is 0 Å². The van der Waals surface area contributed by atoms with Gasteiger partial charge in [-0.15, -0.1) is 11.3 Å². The van der Waals surface area contributed by atoms with Crippen LogP contribution in [0.5, 0.6) is 0 Å². The normalized spacial score (nSPS) is 17.4. The molecule has 0 aliphatic heterocycles. The van der Waals surface area contributed by atoms with Crippen molar-refractivity contribution in [3.8, 4) is 0 Å². The second-order valence-electron chi connectivity index (χ2n) is 9.10. The highest BCUT2D eigenvalue weighted by atomic mass is 32.1. The summed E-state index contributed by atoms with van der Waals surface area (Å²) < 4.78 is 11.8. The van der Waals surface area contributed by atoms with Gasteiger partial charge < -0.3 is 9.15 Å². The van der Waals surface area contributed by atoms with Gasteiger partial charge in [0.05, 0.1) is 17.6 Å². The Kier molecular flexibility index (Phi) is 8.02. The molecule has 3 aromatic rings. The molecule has 1 saturated carbocycles. The largest absolute Gasteiger partial charge is 0.462 e. The lowest BCUT2D eigenvalue weighted by atomic mass is 10.0. The zero-order chi connectivity index (χ0) is 23.2. The van der Waals surface area contributed by atoms with Gasteiger partial charge in [0.2, 0.25) is 0 Å². The van der Waals surface area contributed by atoms with E-state index in [2.05, 4.69) is 31.4 Å². The third kappa shape index (κ3) is 5.57. The minimum Gasteiger partial charge on any atom is -0.462 e. The zero-order valence-corrected chi connectivity index (χ0v) is 20.5. The summed E-state index contributed by atoms with van der Waals surface area (Å²) in [7, 11) is 0. The van der Waals surface area contributed by atoms with Gasteiger partial charge in [0.15, 0.2) is 5.43 Å². The zero-order valence-electron chi connectivity index (χ0n) is 19.7. The minimum absolute atomic E-state index is 0.00416. The molecule has 2 atom stereocenters. The highest BCUT2D eigenvalue weighted by molar-refractivity contribution is 7.10. The molecule has 0 saturated heterocycles. The van der Waals surface area contributed by atoms with Crippen molar-refractivity contribution in [1.29, 1.82) is 0 Å². The van der Waals surface area contributed by atoms with Crippen LogP contribution in [-0.4, -0.2) is 12.6 Å². The van der Waals surface area contributed by atoms with E-state index in [0.29, 0.717) is 35.5 Å². The van der Waals surface area contributed by atoms with E-state index in [-0.39, 0.29) is 17.3 Å². The van der Waals surface area contributed by atoms with E-state index in [4.69, 9.17) is 9.15 Å². The first kappa shape index (κ1) is 23.7. The van der Waals surface area contributed by atoms with Crippen LogP contribution in [0.25, 0.3) is 11.0 Å². The predicted octanol–water partition coefficient (Wildman–Crippen LogP) is 7.60. The number of rotatable bonds is 12. The van der Waals surface area contributed by atoms with E-state index < -0.39 is 0 Å². The number of benzene rings is 1. The van der Waals surface area contributed by atoms with Crippen molar-refractivity contribution in [1.82, 2.24) is 0 Å². The fourth-order valence-electron chi connectivity index (χ4n) is 4.60. The van der Waals surface area contributed by atoms with Crippen LogP contribution in [0.2, 0.25) is 0 Å². The maximum Gasteiger partial charge on any atom is 0.338 e. The minimum atomic E-state index is -0.370. The summed E-state index contributed by atoms with van der Waals surface area (Å²) in [4.78, 5) is 27.3. The molecule has 33 heavy (non-hydrogen) atoms. The molecule has 176 valence electrons. The second-order valence-corrected chi connectivity index (χ2v) is 10.1. The number of hydrogen-bond acceptors (Lipinski definition) is 5. The summed E-state index contributed by atoms with van der Waals surface area (Å²) >= 11 is 1.77. The van der Waals surface area contributed by atoms with Crippen LogP contribution in [0.15, 0.2) is 44.9 Å². The van der Waals surface area contributed by atoms with Crippen LogP contribution in [0.4, 0.5) is 0 Å². The van der Waals surface area contributed by atoms with Crippen LogP contribution < -0.4 is 5.43 Å². The number of ether oxygens (including phenoxy) is 1. The van der Waals surface area contributed by atoms with E-state index in [9.17, 15) is 9.59 Å². The summed E-state index contributed by atoms with van der Waals surface area (Å²) in [6.07, 6.45) is 9.44. The van der Waals surface area contributed by atoms with Crippen molar-refractivity contribution in [2.75, 3.05) is 6.61 Å². The molecular weight excluding hydrogens is 432 g/mol.